The second-order valence-corrected chi connectivity index (χ2v) is 4.50. The maximum atomic E-state index is 12.0. The topological polar surface area (TPSA) is 79.8 Å². The minimum atomic E-state index is -0.317. The van der Waals surface area contributed by atoms with Crippen LogP contribution in [-0.2, 0) is 0 Å². The largest absolute Gasteiger partial charge is 0.369 e. The van der Waals surface area contributed by atoms with E-state index >= 15 is 0 Å². The first kappa shape index (κ1) is 13.4. The summed E-state index contributed by atoms with van der Waals surface area (Å²) in [5.74, 6) is 0.326. The van der Waals surface area contributed by atoms with Crippen molar-refractivity contribution < 1.29 is 4.79 Å². The summed E-state index contributed by atoms with van der Waals surface area (Å²) in [4.78, 5) is 15.9. The van der Waals surface area contributed by atoms with E-state index < -0.39 is 0 Å². The molecule has 19 heavy (non-hydrogen) atoms. The van der Waals surface area contributed by atoms with Gasteiger partial charge in [-0.05, 0) is 41.1 Å². The van der Waals surface area contributed by atoms with E-state index in [0.717, 1.165) is 6.54 Å². The summed E-state index contributed by atoms with van der Waals surface area (Å²) >= 11 is 3.31. The number of nitrogens with zero attached hydrogens (tertiary/aromatic N) is 3. The summed E-state index contributed by atoms with van der Waals surface area (Å²) in [6, 6.07) is 5.03. The number of amides is 1. The first-order valence-corrected chi connectivity index (χ1v) is 6.48. The van der Waals surface area contributed by atoms with Crippen molar-refractivity contribution >= 4 is 33.3 Å². The molecule has 1 amide bonds. The van der Waals surface area contributed by atoms with Gasteiger partial charge in [-0.2, -0.15) is 0 Å². The summed E-state index contributed by atoms with van der Waals surface area (Å²) in [5, 5.41) is 13.5. The Kier molecular flexibility index (Phi) is 4.40. The normalized spacial score (nSPS) is 10.0. The van der Waals surface area contributed by atoms with Gasteiger partial charge in [0, 0.05) is 18.9 Å². The highest BCUT2D eigenvalue weighted by Crippen LogP contribution is 2.20. The molecule has 0 fully saturated rings. The monoisotopic (exact) mass is 321 g/mol. The molecule has 2 rings (SSSR count). The highest BCUT2D eigenvalue weighted by atomic mass is 79.9. The molecule has 7 heteroatoms. The Morgan fingerprint density at radius 3 is 2.79 bits per heavy atom. The average Bonchev–Trinajstić information content (AvgIpc) is 2.42. The fourth-order valence-electron chi connectivity index (χ4n) is 1.39. The Labute approximate surface area is 118 Å². The van der Waals surface area contributed by atoms with Crippen molar-refractivity contribution in [3.8, 4) is 0 Å². The summed E-state index contributed by atoms with van der Waals surface area (Å²) in [6.07, 6.45) is 3.20. The summed E-state index contributed by atoms with van der Waals surface area (Å²) in [6.45, 7) is 2.72. The molecule has 0 aliphatic carbocycles. The van der Waals surface area contributed by atoms with E-state index in [1.807, 2.05) is 6.92 Å². The Morgan fingerprint density at radius 1 is 1.32 bits per heavy atom. The number of aromatic nitrogens is 3. The zero-order chi connectivity index (χ0) is 13.7. The molecule has 0 unspecified atom stereocenters. The molecular formula is C12H12BrN5O. The van der Waals surface area contributed by atoms with Crippen molar-refractivity contribution in [2.75, 3.05) is 17.2 Å². The van der Waals surface area contributed by atoms with Gasteiger partial charge in [-0.15, -0.1) is 10.2 Å². The lowest BCUT2D eigenvalue weighted by molar-refractivity contribution is 0.102. The van der Waals surface area contributed by atoms with Crippen molar-refractivity contribution in [3.05, 3.63) is 40.8 Å². The number of carbonyl (C=O) groups excluding carboxylic acids is 1. The fraction of sp³-hybridized carbons (Fsp3) is 0.167. The predicted octanol–water partition coefficient (Wildman–Crippen LogP) is 2.32. The van der Waals surface area contributed by atoms with Gasteiger partial charge in [0.05, 0.1) is 10.2 Å². The Morgan fingerprint density at radius 2 is 2.16 bits per heavy atom. The van der Waals surface area contributed by atoms with Gasteiger partial charge in [0.1, 0.15) is 5.82 Å². The minimum absolute atomic E-state index is 0.255. The molecular weight excluding hydrogens is 310 g/mol. The van der Waals surface area contributed by atoms with E-state index in [9.17, 15) is 4.79 Å². The number of pyridine rings is 1. The maximum Gasteiger partial charge on any atom is 0.276 e. The van der Waals surface area contributed by atoms with Crippen LogP contribution in [0, 0.1) is 0 Å². The summed E-state index contributed by atoms with van der Waals surface area (Å²) in [7, 11) is 0. The van der Waals surface area contributed by atoms with Crippen molar-refractivity contribution in [1.29, 1.82) is 0 Å². The molecule has 0 aliphatic heterocycles. The van der Waals surface area contributed by atoms with Gasteiger partial charge in [0.25, 0.3) is 5.91 Å². The van der Waals surface area contributed by atoms with Crippen LogP contribution in [0.15, 0.2) is 35.1 Å². The van der Waals surface area contributed by atoms with Crippen LogP contribution >= 0.6 is 15.9 Å². The summed E-state index contributed by atoms with van der Waals surface area (Å²) < 4.78 is 0.709. The maximum absolute atomic E-state index is 12.0. The minimum Gasteiger partial charge on any atom is -0.369 e. The van der Waals surface area contributed by atoms with Crippen molar-refractivity contribution in [1.82, 2.24) is 15.2 Å². The van der Waals surface area contributed by atoms with Gasteiger partial charge in [-0.1, -0.05) is 0 Å². The third-order valence-electron chi connectivity index (χ3n) is 2.28. The molecule has 2 heterocycles. The second kappa shape index (κ2) is 6.24. The van der Waals surface area contributed by atoms with Crippen molar-refractivity contribution in [2.24, 2.45) is 0 Å². The molecule has 0 saturated carbocycles. The zero-order valence-corrected chi connectivity index (χ0v) is 11.8. The van der Waals surface area contributed by atoms with Gasteiger partial charge in [0.15, 0.2) is 5.69 Å². The van der Waals surface area contributed by atoms with Crippen LogP contribution in [0.2, 0.25) is 0 Å². The molecule has 2 aromatic rings. The summed E-state index contributed by atoms with van der Waals surface area (Å²) in [5.41, 5.74) is 0.892. The standard InChI is InChI=1S/C12H12BrN5O/c1-2-15-11-4-3-10(17-18-11)12(19)16-9-5-6-14-7-8(9)13/h3-7H,2H2,1H3,(H,15,18)(H,14,16,19). The average molecular weight is 322 g/mol. The molecule has 0 saturated heterocycles. The highest BCUT2D eigenvalue weighted by molar-refractivity contribution is 9.10. The molecule has 2 N–H and O–H groups in total. The lowest BCUT2D eigenvalue weighted by Crippen LogP contribution is -2.15. The first-order valence-electron chi connectivity index (χ1n) is 5.69. The van der Waals surface area contributed by atoms with E-state index in [1.54, 1.807) is 30.6 Å². The Balaban J connectivity index is 2.10. The lowest BCUT2D eigenvalue weighted by atomic mass is 10.3. The molecule has 2 aromatic heterocycles. The molecule has 0 atom stereocenters. The van der Waals surface area contributed by atoms with Crippen LogP contribution in [-0.4, -0.2) is 27.6 Å². The van der Waals surface area contributed by atoms with Crippen LogP contribution in [0.5, 0.6) is 0 Å². The molecule has 98 valence electrons. The number of nitrogens with one attached hydrogen (secondary N) is 2. The van der Waals surface area contributed by atoms with E-state index in [4.69, 9.17) is 0 Å². The SMILES string of the molecule is CCNc1ccc(C(=O)Nc2ccncc2Br)nn1. The number of halogens is 1. The molecule has 0 radical (unpaired) electrons. The first-order chi connectivity index (χ1) is 9.20. The third kappa shape index (κ3) is 3.47. The van der Waals surface area contributed by atoms with Crippen LogP contribution in [0.25, 0.3) is 0 Å². The molecule has 0 aromatic carbocycles. The number of anilines is 2. The zero-order valence-electron chi connectivity index (χ0n) is 10.2. The second-order valence-electron chi connectivity index (χ2n) is 3.64. The van der Waals surface area contributed by atoms with Crippen molar-refractivity contribution in [2.45, 2.75) is 6.92 Å². The predicted molar refractivity (Wildman–Crippen MR) is 76.1 cm³/mol. The number of hydrogen-bond donors (Lipinski definition) is 2. The van der Waals surface area contributed by atoms with E-state index in [-0.39, 0.29) is 11.6 Å². The Hall–Kier alpha value is -2.02. The van der Waals surface area contributed by atoms with Gasteiger partial charge in [-0.3, -0.25) is 9.78 Å². The lowest BCUT2D eigenvalue weighted by Gasteiger charge is -2.06. The number of hydrogen-bond acceptors (Lipinski definition) is 5. The van der Waals surface area contributed by atoms with E-state index in [0.29, 0.717) is 16.0 Å². The van der Waals surface area contributed by atoms with Crippen LogP contribution in [0.1, 0.15) is 17.4 Å². The van der Waals surface area contributed by atoms with E-state index in [2.05, 4.69) is 41.7 Å². The third-order valence-corrected chi connectivity index (χ3v) is 2.91. The van der Waals surface area contributed by atoms with Gasteiger partial charge in [0.2, 0.25) is 0 Å². The number of rotatable bonds is 4. The van der Waals surface area contributed by atoms with Crippen LogP contribution < -0.4 is 10.6 Å². The van der Waals surface area contributed by atoms with Crippen LogP contribution in [0.3, 0.4) is 0 Å². The van der Waals surface area contributed by atoms with Gasteiger partial charge < -0.3 is 10.6 Å². The molecule has 0 aliphatic rings. The fourth-order valence-corrected chi connectivity index (χ4v) is 1.74. The molecule has 0 spiro atoms. The number of carbonyl (C=O) groups is 1. The Bertz CT molecular complexity index is 573. The molecule has 0 bridgehead atoms. The van der Waals surface area contributed by atoms with Crippen molar-refractivity contribution in [3.63, 3.8) is 0 Å². The van der Waals surface area contributed by atoms with Gasteiger partial charge in [-0.25, -0.2) is 0 Å². The van der Waals surface area contributed by atoms with E-state index in [1.165, 1.54) is 0 Å². The quantitative estimate of drug-likeness (QED) is 0.903. The van der Waals surface area contributed by atoms with Crippen LogP contribution in [0.4, 0.5) is 11.5 Å². The van der Waals surface area contributed by atoms with Gasteiger partial charge >= 0.3 is 0 Å². The highest BCUT2D eigenvalue weighted by Gasteiger charge is 2.10. The smallest absolute Gasteiger partial charge is 0.276 e. The molecule has 6 nitrogen and oxygen atoms in total.